The molecule has 224 valence electrons. The molecule has 3 aliphatic heterocycles. The minimum atomic E-state index is -4.44. The molecule has 1 amide bonds. The third-order valence-electron chi connectivity index (χ3n) is 8.53. The van der Waals surface area contributed by atoms with Gasteiger partial charge in [-0.2, -0.15) is 13.2 Å². The van der Waals surface area contributed by atoms with Crippen LogP contribution in [-0.4, -0.2) is 79.4 Å². The largest absolute Gasteiger partial charge is 0.416 e. The van der Waals surface area contributed by atoms with Crippen LogP contribution in [0.5, 0.6) is 0 Å². The molecule has 4 heterocycles. The van der Waals surface area contributed by atoms with Gasteiger partial charge in [-0.05, 0) is 55.9 Å². The second kappa shape index (κ2) is 12.6. The number of methoxy groups -OCH3 is 1. The number of halogens is 4. The maximum atomic E-state index is 13.8. The number of fused-ring (bicyclic) bond motifs is 1. The Balaban J connectivity index is 1.26. The lowest BCUT2D eigenvalue weighted by atomic mass is 9.95. The molecule has 3 aliphatic rings. The van der Waals surface area contributed by atoms with Crippen LogP contribution in [0, 0.1) is 12.8 Å². The van der Waals surface area contributed by atoms with Gasteiger partial charge in [-0.15, -0.1) is 0 Å². The molecular formula is C29H37F4N5O3. The number of carbonyl (C=O) groups excluding carboxylic acids is 1. The van der Waals surface area contributed by atoms with E-state index in [2.05, 4.69) is 15.3 Å². The normalized spacial score (nSPS) is 22.1. The number of hydrogen-bond acceptors (Lipinski definition) is 7. The number of ether oxygens (including phenoxy) is 2. The molecule has 12 heteroatoms. The average Bonchev–Trinajstić information content (AvgIpc) is 2.99. The summed E-state index contributed by atoms with van der Waals surface area (Å²) in [5.74, 6) is 0.389. The predicted octanol–water partition coefficient (Wildman–Crippen LogP) is 4.08. The van der Waals surface area contributed by atoms with Crippen molar-refractivity contribution in [2.45, 2.75) is 64.1 Å². The van der Waals surface area contributed by atoms with Crippen molar-refractivity contribution in [2.24, 2.45) is 5.92 Å². The summed E-state index contributed by atoms with van der Waals surface area (Å²) < 4.78 is 64.8. The molecule has 2 fully saturated rings. The fraction of sp³-hybridized carbons (Fsp3) is 0.621. The molecular weight excluding hydrogens is 542 g/mol. The van der Waals surface area contributed by atoms with Gasteiger partial charge < -0.3 is 24.6 Å². The third kappa shape index (κ3) is 6.65. The lowest BCUT2D eigenvalue weighted by Crippen LogP contribution is -2.48. The van der Waals surface area contributed by atoms with Crippen LogP contribution in [0.3, 0.4) is 0 Å². The van der Waals surface area contributed by atoms with E-state index in [-0.39, 0.29) is 36.1 Å². The molecule has 0 bridgehead atoms. The van der Waals surface area contributed by atoms with Crippen molar-refractivity contribution < 1.29 is 31.8 Å². The van der Waals surface area contributed by atoms with Crippen LogP contribution in [0.4, 0.5) is 23.4 Å². The summed E-state index contributed by atoms with van der Waals surface area (Å²) >= 11 is 0. The number of likely N-dealkylation sites (tertiary alicyclic amines) is 1. The first-order valence-electron chi connectivity index (χ1n) is 14.2. The fourth-order valence-corrected chi connectivity index (χ4v) is 6.04. The standard InChI is InChI=1S/C29H37F4N5O3/c1-18-26(28(39)37-10-6-23(7-11-37)34-15-20-8-12-41-17-24(20)40-2)35-25(14-30)36-27(18)38-9-5-19-3-4-22(29(31,32)33)13-21(19)16-38/h3-4,13,20,23-24,34H,5-12,14-17H2,1-2H3. The molecule has 1 aromatic heterocycles. The number of nitrogens with one attached hydrogen (secondary N) is 1. The first-order valence-corrected chi connectivity index (χ1v) is 14.2. The van der Waals surface area contributed by atoms with Gasteiger partial charge in [0.1, 0.15) is 18.2 Å². The Morgan fingerprint density at radius 3 is 2.63 bits per heavy atom. The van der Waals surface area contributed by atoms with Crippen LogP contribution >= 0.6 is 0 Å². The molecule has 2 atom stereocenters. The number of hydrogen-bond donors (Lipinski definition) is 1. The molecule has 2 aromatic rings. The van der Waals surface area contributed by atoms with Crippen LogP contribution in [0.15, 0.2) is 18.2 Å². The first-order chi connectivity index (χ1) is 19.7. The van der Waals surface area contributed by atoms with Gasteiger partial charge in [-0.25, -0.2) is 14.4 Å². The Labute approximate surface area is 237 Å². The Bertz CT molecular complexity index is 1240. The number of carbonyl (C=O) groups is 1. The molecule has 0 aliphatic carbocycles. The highest BCUT2D eigenvalue weighted by molar-refractivity contribution is 5.95. The Morgan fingerprint density at radius 1 is 1.15 bits per heavy atom. The number of alkyl halides is 4. The minimum absolute atomic E-state index is 0.0811. The number of aromatic nitrogens is 2. The maximum Gasteiger partial charge on any atom is 0.416 e. The highest BCUT2D eigenvalue weighted by Crippen LogP contribution is 2.34. The molecule has 0 spiro atoms. The van der Waals surface area contributed by atoms with Crippen molar-refractivity contribution in [2.75, 3.05) is 51.4 Å². The topological polar surface area (TPSA) is 79.8 Å². The van der Waals surface area contributed by atoms with E-state index in [9.17, 15) is 22.4 Å². The van der Waals surface area contributed by atoms with Gasteiger partial charge in [0.05, 0.1) is 18.3 Å². The summed E-state index contributed by atoms with van der Waals surface area (Å²) in [6.07, 6.45) is -1.33. The quantitative estimate of drug-likeness (QED) is 0.496. The van der Waals surface area contributed by atoms with E-state index in [4.69, 9.17) is 9.47 Å². The average molecular weight is 580 g/mol. The van der Waals surface area contributed by atoms with Crippen LogP contribution in [0.1, 0.15) is 57.8 Å². The van der Waals surface area contributed by atoms with Crippen molar-refractivity contribution in [1.29, 1.82) is 0 Å². The van der Waals surface area contributed by atoms with E-state index in [0.29, 0.717) is 55.5 Å². The van der Waals surface area contributed by atoms with Gasteiger partial charge in [-0.1, -0.05) is 6.07 Å². The fourth-order valence-electron chi connectivity index (χ4n) is 6.04. The molecule has 1 aromatic carbocycles. The van der Waals surface area contributed by atoms with Crippen molar-refractivity contribution in [3.05, 3.63) is 52.0 Å². The zero-order chi connectivity index (χ0) is 29.1. The summed E-state index contributed by atoms with van der Waals surface area (Å²) in [5.41, 5.74) is 1.34. The van der Waals surface area contributed by atoms with Gasteiger partial charge in [0.15, 0.2) is 5.82 Å². The number of benzene rings is 1. The van der Waals surface area contributed by atoms with E-state index in [0.717, 1.165) is 50.1 Å². The van der Waals surface area contributed by atoms with E-state index in [1.165, 1.54) is 6.07 Å². The molecule has 1 N–H and O–H groups in total. The monoisotopic (exact) mass is 579 g/mol. The minimum Gasteiger partial charge on any atom is -0.379 e. The number of anilines is 1. The Kier molecular flexibility index (Phi) is 9.10. The lowest BCUT2D eigenvalue weighted by Gasteiger charge is -2.36. The summed E-state index contributed by atoms with van der Waals surface area (Å²) in [5, 5.41) is 3.63. The summed E-state index contributed by atoms with van der Waals surface area (Å²) in [4.78, 5) is 25.8. The van der Waals surface area contributed by atoms with Gasteiger partial charge in [0.25, 0.3) is 5.91 Å². The summed E-state index contributed by atoms with van der Waals surface area (Å²) in [6.45, 7) is 4.70. The van der Waals surface area contributed by atoms with Crippen molar-refractivity contribution in [1.82, 2.24) is 20.2 Å². The first kappa shape index (κ1) is 29.7. The van der Waals surface area contributed by atoms with Gasteiger partial charge in [-0.3, -0.25) is 4.79 Å². The highest BCUT2D eigenvalue weighted by atomic mass is 19.4. The molecule has 41 heavy (non-hydrogen) atoms. The number of rotatable bonds is 7. The Morgan fingerprint density at radius 2 is 1.93 bits per heavy atom. The van der Waals surface area contributed by atoms with Crippen LogP contribution in [0.2, 0.25) is 0 Å². The van der Waals surface area contributed by atoms with E-state index < -0.39 is 18.4 Å². The van der Waals surface area contributed by atoms with Crippen LogP contribution in [-0.2, 0) is 35.3 Å². The van der Waals surface area contributed by atoms with E-state index in [1.54, 1.807) is 18.9 Å². The highest BCUT2D eigenvalue weighted by Gasteiger charge is 2.33. The SMILES string of the molecule is COC1COCCC1CNC1CCN(C(=O)c2nc(CF)nc(N3CCc4ccc(C(F)(F)F)cc4C3)c2C)CC1. The van der Waals surface area contributed by atoms with Crippen molar-refractivity contribution >= 4 is 11.7 Å². The molecule has 2 saturated heterocycles. The summed E-state index contributed by atoms with van der Waals surface area (Å²) in [6, 6.07) is 4.05. The summed E-state index contributed by atoms with van der Waals surface area (Å²) in [7, 11) is 1.71. The van der Waals surface area contributed by atoms with Gasteiger partial charge in [0.2, 0.25) is 0 Å². The molecule has 0 saturated carbocycles. The molecule has 2 unspecified atom stereocenters. The van der Waals surface area contributed by atoms with Gasteiger partial charge >= 0.3 is 6.18 Å². The van der Waals surface area contributed by atoms with Crippen LogP contribution in [0.25, 0.3) is 0 Å². The van der Waals surface area contributed by atoms with Gasteiger partial charge in [0, 0.05) is 64.0 Å². The molecule has 5 rings (SSSR count). The predicted molar refractivity (Wildman–Crippen MR) is 144 cm³/mol. The molecule has 0 radical (unpaired) electrons. The van der Waals surface area contributed by atoms with Crippen LogP contribution < -0.4 is 10.2 Å². The third-order valence-corrected chi connectivity index (χ3v) is 8.53. The van der Waals surface area contributed by atoms with Crippen molar-refractivity contribution in [3.8, 4) is 0 Å². The number of amides is 1. The molecule has 8 nitrogen and oxygen atoms in total. The maximum absolute atomic E-state index is 13.8. The second-order valence-corrected chi connectivity index (χ2v) is 11.1. The number of piperidine rings is 1. The van der Waals surface area contributed by atoms with Crippen molar-refractivity contribution in [3.63, 3.8) is 0 Å². The Hall–Kier alpha value is -2.83. The smallest absolute Gasteiger partial charge is 0.379 e. The van der Waals surface area contributed by atoms with E-state index >= 15 is 0 Å². The second-order valence-electron chi connectivity index (χ2n) is 11.1. The zero-order valence-corrected chi connectivity index (χ0v) is 23.5. The number of nitrogens with zero attached hydrogens (tertiary/aromatic N) is 4. The van der Waals surface area contributed by atoms with E-state index in [1.807, 2.05) is 4.90 Å². The lowest BCUT2D eigenvalue weighted by molar-refractivity contribution is -0.137. The zero-order valence-electron chi connectivity index (χ0n) is 23.5.